The Kier molecular flexibility index (Phi) is 5.40. The molecule has 0 heterocycles. The highest BCUT2D eigenvalue weighted by molar-refractivity contribution is 6.06. The lowest BCUT2D eigenvalue weighted by Gasteiger charge is -2.07. The van der Waals surface area contributed by atoms with Gasteiger partial charge in [0.1, 0.15) is 0 Å². The molecule has 1 amide bonds. The Morgan fingerprint density at radius 2 is 1.92 bits per heavy atom. The number of esters is 1. The van der Waals surface area contributed by atoms with E-state index in [1.54, 1.807) is 24.3 Å². The van der Waals surface area contributed by atoms with Gasteiger partial charge in [-0.15, -0.1) is 0 Å². The average molecular weight is 326 g/mol. The van der Waals surface area contributed by atoms with E-state index in [2.05, 4.69) is 10.1 Å². The summed E-state index contributed by atoms with van der Waals surface area (Å²) in [5, 5.41) is 13.3. The van der Waals surface area contributed by atoms with Crippen molar-refractivity contribution in [3.05, 3.63) is 75.8 Å². The number of nitrogens with zero attached hydrogens (tertiary/aromatic N) is 1. The molecule has 122 valence electrons. The van der Waals surface area contributed by atoms with E-state index in [4.69, 9.17) is 0 Å². The number of amides is 1. The van der Waals surface area contributed by atoms with Crippen molar-refractivity contribution in [2.75, 3.05) is 12.4 Å². The second-order valence-corrected chi connectivity index (χ2v) is 4.71. The fraction of sp³-hybridized carbons (Fsp3) is 0.0588. The lowest BCUT2D eigenvalue weighted by molar-refractivity contribution is -0.384. The first-order valence-electron chi connectivity index (χ1n) is 6.92. The number of ether oxygens (including phenoxy) is 1. The van der Waals surface area contributed by atoms with Gasteiger partial charge in [0.15, 0.2) is 0 Å². The van der Waals surface area contributed by atoms with Crippen molar-refractivity contribution in [1.29, 1.82) is 0 Å². The summed E-state index contributed by atoms with van der Waals surface area (Å²) in [6.45, 7) is 0. The molecule has 24 heavy (non-hydrogen) atoms. The molecule has 0 spiro atoms. The number of carbonyl (C=O) groups is 2. The maximum absolute atomic E-state index is 12.0. The summed E-state index contributed by atoms with van der Waals surface area (Å²) in [5.41, 5.74) is 1.00. The lowest BCUT2D eigenvalue weighted by atomic mass is 10.1. The first-order chi connectivity index (χ1) is 11.5. The molecular formula is C17H14N2O5. The molecule has 0 radical (unpaired) electrons. The molecule has 0 aliphatic heterocycles. The largest absolute Gasteiger partial charge is 0.465 e. The normalized spacial score (nSPS) is 10.4. The van der Waals surface area contributed by atoms with E-state index in [1.165, 1.54) is 43.5 Å². The zero-order chi connectivity index (χ0) is 17.5. The summed E-state index contributed by atoms with van der Waals surface area (Å²) < 4.78 is 4.65. The Balaban J connectivity index is 2.13. The van der Waals surface area contributed by atoms with Crippen LogP contribution in [0.15, 0.2) is 54.6 Å². The fourth-order valence-electron chi connectivity index (χ4n) is 1.97. The van der Waals surface area contributed by atoms with Gasteiger partial charge in [-0.05, 0) is 23.8 Å². The summed E-state index contributed by atoms with van der Waals surface area (Å²) in [4.78, 5) is 33.8. The van der Waals surface area contributed by atoms with Crippen molar-refractivity contribution >= 4 is 29.3 Å². The number of nitrogens with one attached hydrogen (secondary N) is 1. The maximum Gasteiger partial charge on any atom is 0.339 e. The quantitative estimate of drug-likeness (QED) is 0.394. The topological polar surface area (TPSA) is 98.5 Å². The molecule has 1 N–H and O–H groups in total. The van der Waals surface area contributed by atoms with E-state index < -0.39 is 16.8 Å². The molecule has 7 heteroatoms. The van der Waals surface area contributed by atoms with E-state index in [9.17, 15) is 19.7 Å². The third kappa shape index (κ3) is 4.26. The van der Waals surface area contributed by atoms with Crippen molar-refractivity contribution in [1.82, 2.24) is 0 Å². The highest BCUT2D eigenvalue weighted by atomic mass is 16.6. The predicted octanol–water partition coefficient (Wildman–Crippen LogP) is 3.03. The second-order valence-electron chi connectivity index (χ2n) is 4.71. The van der Waals surface area contributed by atoms with E-state index in [0.717, 1.165) is 0 Å². The van der Waals surface area contributed by atoms with Crippen molar-refractivity contribution < 1.29 is 19.2 Å². The van der Waals surface area contributed by atoms with Crippen LogP contribution in [-0.4, -0.2) is 23.9 Å². The third-order valence-electron chi connectivity index (χ3n) is 3.10. The van der Waals surface area contributed by atoms with Crippen LogP contribution in [-0.2, 0) is 9.53 Å². The summed E-state index contributed by atoms with van der Waals surface area (Å²) in [5.74, 6) is -1.04. The standard InChI is InChI=1S/C17H14N2O5/c1-24-17(21)14-7-2-3-8-15(14)18-16(20)10-9-12-5-4-6-13(11-12)19(22)23/h2-11H,1H3,(H,18,20)/b10-9+. The number of methoxy groups -OCH3 is 1. The number of benzene rings is 2. The Morgan fingerprint density at radius 3 is 2.62 bits per heavy atom. The Hall–Kier alpha value is -3.48. The van der Waals surface area contributed by atoms with Crippen LogP contribution in [0.25, 0.3) is 6.08 Å². The van der Waals surface area contributed by atoms with Gasteiger partial charge in [0.05, 0.1) is 23.3 Å². The molecule has 0 fully saturated rings. The number of para-hydroxylation sites is 1. The van der Waals surface area contributed by atoms with Gasteiger partial charge in [0.25, 0.3) is 5.69 Å². The lowest BCUT2D eigenvalue weighted by Crippen LogP contribution is -2.12. The number of anilines is 1. The molecular weight excluding hydrogens is 312 g/mol. The Bertz CT molecular complexity index is 814. The van der Waals surface area contributed by atoms with Crippen LogP contribution in [0.4, 0.5) is 11.4 Å². The molecule has 7 nitrogen and oxygen atoms in total. The summed E-state index contributed by atoms with van der Waals surface area (Å²) in [7, 11) is 1.25. The van der Waals surface area contributed by atoms with Crippen molar-refractivity contribution in [2.45, 2.75) is 0 Å². The van der Waals surface area contributed by atoms with Crippen molar-refractivity contribution in [2.24, 2.45) is 0 Å². The van der Waals surface area contributed by atoms with Gasteiger partial charge >= 0.3 is 5.97 Å². The van der Waals surface area contributed by atoms with Gasteiger partial charge in [0.2, 0.25) is 5.91 Å². The predicted molar refractivity (Wildman–Crippen MR) is 88.5 cm³/mol. The Labute approximate surface area is 137 Å². The molecule has 0 saturated carbocycles. The molecule has 0 atom stereocenters. The van der Waals surface area contributed by atoms with E-state index in [1.807, 2.05) is 0 Å². The van der Waals surface area contributed by atoms with Gasteiger partial charge in [-0.3, -0.25) is 14.9 Å². The van der Waals surface area contributed by atoms with Gasteiger partial charge in [-0.25, -0.2) is 4.79 Å². The number of rotatable bonds is 5. The SMILES string of the molecule is COC(=O)c1ccccc1NC(=O)/C=C/c1cccc([N+](=O)[O-])c1. The fourth-order valence-corrected chi connectivity index (χ4v) is 1.97. The molecule has 0 saturated heterocycles. The van der Waals surface area contributed by atoms with Gasteiger partial charge in [0, 0.05) is 18.2 Å². The second kappa shape index (κ2) is 7.68. The number of non-ortho nitro benzene ring substituents is 1. The summed E-state index contributed by atoms with van der Waals surface area (Å²) in [6.07, 6.45) is 2.68. The van der Waals surface area contributed by atoms with Crippen LogP contribution in [0.3, 0.4) is 0 Å². The van der Waals surface area contributed by atoms with E-state index >= 15 is 0 Å². The molecule has 0 aromatic heterocycles. The van der Waals surface area contributed by atoms with Crippen LogP contribution in [0, 0.1) is 10.1 Å². The summed E-state index contributed by atoms with van der Waals surface area (Å²) >= 11 is 0. The molecule has 0 aliphatic carbocycles. The number of nitro groups is 1. The first kappa shape index (κ1) is 16.9. The zero-order valence-electron chi connectivity index (χ0n) is 12.8. The van der Waals surface area contributed by atoms with Crippen LogP contribution in [0.1, 0.15) is 15.9 Å². The molecule has 2 aromatic rings. The van der Waals surface area contributed by atoms with Gasteiger partial charge in [-0.1, -0.05) is 24.3 Å². The zero-order valence-corrected chi connectivity index (χ0v) is 12.8. The Morgan fingerprint density at radius 1 is 1.17 bits per heavy atom. The average Bonchev–Trinajstić information content (AvgIpc) is 2.60. The van der Waals surface area contributed by atoms with Crippen LogP contribution in [0.5, 0.6) is 0 Å². The molecule has 0 unspecified atom stereocenters. The molecule has 2 rings (SSSR count). The van der Waals surface area contributed by atoms with E-state index in [-0.39, 0.29) is 11.3 Å². The van der Waals surface area contributed by atoms with Crippen LogP contribution < -0.4 is 5.32 Å². The summed E-state index contributed by atoms with van der Waals surface area (Å²) in [6, 6.07) is 12.3. The van der Waals surface area contributed by atoms with Gasteiger partial charge in [-0.2, -0.15) is 0 Å². The number of nitro benzene ring substituents is 1. The first-order valence-corrected chi connectivity index (χ1v) is 6.92. The highest BCUT2D eigenvalue weighted by Gasteiger charge is 2.12. The van der Waals surface area contributed by atoms with E-state index in [0.29, 0.717) is 11.3 Å². The maximum atomic E-state index is 12.0. The smallest absolute Gasteiger partial charge is 0.339 e. The minimum Gasteiger partial charge on any atom is -0.465 e. The third-order valence-corrected chi connectivity index (χ3v) is 3.10. The number of carbonyl (C=O) groups excluding carboxylic acids is 2. The highest BCUT2D eigenvalue weighted by Crippen LogP contribution is 2.17. The van der Waals surface area contributed by atoms with Crippen molar-refractivity contribution in [3.63, 3.8) is 0 Å². The number of hydrogen-bond donors (Lipinski definition) is 1. The molecule has 2 aromatic carbocycles. The van der Waals surface area contributed by atoms with Gasteiger partial charge < -0.3 is 10.1 Å². The monoisotopic (exact) mass is 326 g/mol. The molecule has 0 aliphatic rings. The number of hydrogen-bond acceptors (Lipinski definition) is 5. The van der Waals surface area contributed by atoms with Crippen LogP contribution >= 0.6 is 0 Å². The van der Waals surface area contributed by atoms with Crippen molar-refractivity contribution in [3.8, 4) is 0 Å². The van der Waals surface area contributed by atoms with Crippen LogP contribution in [0.2, 0.25) is 0 Å². The minimum atomic E-state index is -0.562. The molecule has 0 bridgehead atoms. The minimum absolute atomic E-state index is 0.0615.